The molecule has 0 spiro atoms. The number of nitrogens with zero attached hydrogens (tertiary/aromatic N) is 2. The smallest absolute Gasteiger partial charge is 0.281 e. The standard InChI is InChI=1S/C32H41F2N5O5S/c33-19-27(35)21-9-11-22(12-10-21)32(42)39-17-15-24(20-6-2-1-3-7-20)29(39)31(41)37-23-13-14-25(26(34)18-23)30(40)38-45(43,44)28-8-4-5-16-36-28/h4-5,8,13-14,16,18,20-22,24,27,29H,1-3,6-7,9-12,15,17,19,35H2,(H,37,41)(H,38,40)/t21-,22-,24-,27+,29-/m0/s1. The molecule has 3 fully saturated rings. The van der Waals surface area contributed by atoms with E-state index in [1.165, 1.54) is 30.5 Å². The summed E-state index contributed by atoms with van der Waals surface area (Å²) in [6, 6.07) is 6.31. The molecule has 5 rings (SSSR count). The minimum absolute atomic E-state index is 0.0303. The van der Waals surface area contributed by atoms with Crippen LogP contribution in [0.2, 0.25) is 0 Å². The fraction of sp³-hybridized carbons (Fsp3) is 0.562. The second-order valence-electron chi connectivity index (χ2n) is 12.5. The maximum Gasteiger partial charge on any atom is 0.281 e. The van der Waals surface area contributed by atoms with Crippen molar-refractivity contribution in [2.45, 2.75) is 81.3 Å². The fourth-order valence-electron chi connectivity index (χ4n) is 7.34. The van der Waals surface area contributed by atoms with Crippen molar-refractivity contribution < 1.29 is 31.6 Å². The van der Waals surface area contributed by atoms with Crippen molar-refractivity contribution in [2.24, 2.45) is 29.4 Å². The third-order valence-electron chi connectivity index (χ3n) is 9.78. The first-order valence-corrected chi connectivity index (χ1v) is 17.3. The number of carbonyl (C=O) groups is 3. The van der Waals surface area contributed by atoms with Gasteiger partial charge in [0, 0.05) is 30.4 Å². The first kappa shape index (κ1) is 32.9. The van der Waals surface area contributed by atoms with Gasteiger partial charge in [0.05, 0.1) is 5.56 Å². The number of aromatic nitrogens is 1. The monoisotopic (exact) mass is 645 g/mol. The average molecular weight is 646 g/mol. The lowest BCUT2D eigenvalue weighted by Crippen LogP contribution is -2.50. The maximum atomic E-state index is 15.1. The van der Waals surface area contributed by atoms with Crippen molar-refractivity contribution >= 4 is 33.4 Å². The zero-order valence-corrected chi connectivity index (χ0v) is 26.0. The second kappa shape index (κ2) is 14.3. The zero-order chi connectivity index (χ0) is 32.1. The molecule has 45 heavy (non-hydrogen) atoms. The zero-order valence-electron chi connectivity index (χ0n) is 25.2. The number of pyridine rings is 1. The number of anilines is 1. The molecule has 0 unspecified atom stereocenters. The summed E-state index contributed by atoms with van der Waals surface area (Å²) in [4.78, 5) is 45.7. The number of hydrogen-bond acceptors (Lipinski definition) is 7. The lowest BCUT2D eigenvalue weighted by Gasteiger charge is -2.36. The molecule has 1 aromatic heterocycles. The third kappa shape index (κ3) is 7.51. The molecule has 2 aliphatic carbocycles. The number of amides is 3. The predicted molar refractivity (Wildman–Crippen MR) is 164 cm³/mol. The van der Waals surface area contributed by atoms with Gasteiger partial charge in [-0.2, -0.15) is 8.42 Å². The van der Waals surface area contributed by atoms with Gasteiger partial charge in [-0.1, -0.05) is 38.2 Å². The molecule has 244 valence electrons. The summed E-state index contributed by atoms with van der Waals surface area (Å²) in [7, 11) is -4.32. The summed E-state index contributed by atoms with van der Waals surface area (Å²) in [5.74, 6) is -2.64. The number of rotatable bonds is 9. The lowest BCUT2D eigenvalue weighted by atomic mass is 9.76. The Bertz CT molecular complexity index is 1480. The molecule has 4 N–H and O–H groups in total. The number of benzene rings is 1. The van der Waals surface area contributed by atoms with Gasteiger partial charge in [0.15, 0.2) is 5.03 Å². The number of sulfonamides is 1. The Hall–Kier alpha value is -3.45. The lowest BCUT2D eigenvalue weighted by molar-refractivity contribution is -0.142. The third-order valence-corrected chi connectivity index (χ3v) is 11.0. The van der Waals surface area contributed by atoms with Gasteiger partial charge in [0.25, 0.3) is 15.9 Å². The summed E-state index contributed by atoms with van der Waals surface area (Å²) < 4.78 is 55.0. The second-order valence-corrected chi connectivity index (χ2v) is 14.2. The van der Waals surface area contributed by atoms with E-state index in [1.54, 1.807) is 4.90 Å². The molecule has 2 aromatic rings. The topological polar surface area (TPSA) is 152 Å². The normalized spacial score (nSPS) is 25.0. The highest BCUT2D eigenvalue weighted by atomic mass is 32.2. The maximum absolute atomic E-state index is 15.1. The summed E-state index contributed by atoms with van der Waals surface area (Å²) in [6.07, 6.45) is 9.77. The Labute approximate surface area is 262 Å². The minimum atomic E-state index is -4.32. The molecular weight excluding hydrogens is 604 g/mol. The Morgan fingerprint density at radius 2 is 1.73 bits per heavy atom. The van der Waals surface area contributed by atoms with E-state index < -0.39 is 52.0 Å². The molecular formula is C32H41F2N5O5S. The highest BCUT2D eigenvalue weighted by Crippen LogP contribution is 2.41. The van der Waals surface area contributed by atoms with E-state index in [4.69, 9.17) is 5.73 Å². The van der Waals surface area contributed by atoms with Gasteiger partial charge in [0.2, 0.25) is 11.8 Å². The van der Waals surface area contributed by atoms with Crippen molar-refractivity contribution in [3.05, 3.63) is 54.0 Å². The van der Waals surface area contributed by atoms with E-state index in [1.807, 2.05) is 4.72 Å². The van der Waals surface area contributed by atoms with Crippen molar-refractivity contribution in [1.29, 1.82) is 0 Å². The number of nitrogens with two attached hydrogens (primary N) is 1. The van der Waals surface area contributed by atoms with E-state index in [-0.39, 0.29) is 34.4 Å². The quantitative estimate of drug-likeness (QED) is 0.370. The molecule has 1 saturated heterocycles. The summed E-state index contributed by atoms with van der Waals surface area (Å²) in [5, 5.41) is 2.37. The van der Waals surface area contributed by atoms with Gasteiger partial charge in [-0.15, -0.1) is 0 Å². The van der Waals surface area contributed by atoms with E-state index in [0.717, 1.165) is 44.2 Å². The molecule has 13 heteroatoms. The van der Waals surface area contributed by atoms with Crippen LogP contribution in [-0.4, -0.2) is 61.3 Å². The molecule has 3 atom stereocenters. The molecule has 1 aromatic carbocycles. The first-order chi connectivity index (χ1) is 21.6. The van der Waals surface area contributed by atoms with E-state index in [0.29, 0.717) is 44.6 Å². The molecule has 10 nitrogen and oxygen atoms in total. The number of likely N-dealkylation sites (tertiary alicyclic amines) is 1. The van der Waals surface area contributed by atoms with Gasteiger partial charge in [-0.25, -0.2) is 18.5 Å². The Morgan fingerprint density at radius 3 is 2.38 bits per heavy atom. The number of alkyl halides is 1. The van der Waals surface area contributed by atoms with Crippen molar-refractivity contribution in [1.82, 2.24) is 14.6 Å². The Balaban J connectivity index is 1.30. The summed E-state index contributed by atoms with van der Waals surface area (Å²) in [5.41, 5.74) is 5.48. The van der Waals surface area contributed by atoms with Crippen molar-refractivity contribution in [2.75, 3.05) is 18.5 Å². The van der Waals surface area contributed by atoms with Gasteiger partial charge >= 0.3 is 0 Å². The summed E-state index contributed by atoms with van der Waals surface area (Å²) >= 11 is 0. The van der Waals surface area contributed by atoms with Crippen molar-refractivity contribution in [3.63, 3.8) is 0 Å². The first-order valence-electron chi connectivity index (χ1n) is 15.8. The number of hydrogen-bond donors (Lipinski definition) is 3. The minimum Gasteiger partial charge on any atom is -0.330 e. The summed E-state index contributed by atoms with van der Waals surface area (Å²) in [6.45, 7) is -0.128. The fourth-order valence-corrected chi connectivity index (χ4v) is 8.25. The van der Waals surface area contributed by atoms with E-state index in [2.05, 4.69) is 10.3 Å². The number of halogens is 2. The van der Waals surface area contributed by atoms with Crippen LogP contribution in [0.25, 0.3) is 0 Å². The number of nitrogens with one attached hydrogen (secondary N) is 2. The van der Waals surface area contributed by atoms with Crippen LogP contribution >= 0.6 is 0 Å². The van der Waals surface area contributed by atoms with Crippen LogP contribution in [0.3, 0.4) is 0 Å². The van der Waals surface area contributed by atoms with Crippen LogP contribution in [0, 0.1) is 29.5 Å². The van der Waals surface area contributed by atoms with Crippen LogP contribution in [0.1, 0.15) is 74.6 Å². The molecule has 0 bridgehead atoms. The van der Waals surface area contributed by atoms with Gasteiger partial charge < -0.3 is 16.0 Å². The van der Waals surface area contributed by atoms with Crippen LogP contribution in [-0.2, 0) is 19.6 Å². The highest BCUT2D eigenvalue weighted by molar-refractivity contribution is 7.90. The van der Waals surface area contributed by atoms with Crippen LogP contribution in [0.4, 0.5) is 14.5 Å². The Morgan fingerprint density at radius 1 is 1.00 bits per heavy atom. The molecule has 3 amide bonds. The van der Waals surface area contributed by atoms with Gasteiger partial charge in [-0.3, -0.25) is 14.4 Å². The molecule has 0 radical (unpaired) electrons. The Kier molecular flexibility index (Phi) is 10.5. The van der Waals surface area contributed by atoms with Crippen LogP contribution in [0.15, 0.2) is 47.6 Å². The van der Waals surface area contributed by atoms with E-state index >= 15 is 4.39 Å². The molecule has 3 aliphatic rings. The highest BCUT2D eigenvalue weighted by Gasteiger charge is 2.47. The molecule has 2 saturated carbocycles. The van der Waals surface area contributed by atoms with Crippen LogP contribution in [0.5, 0.6) is 0 Å². The predicted octanol–water partition coefficient (Wildman–Crippen LogP) is 4.18. The van der Waals surface area contributed by atoms with Gasteiger partial charge in [-0.05, 0) is 80.2 Å². The SMILES string of the molecule is N[C@H](CF)[C@H]1CC[C@H](C(=O)N2CC[C@@H](C3CCCCC3)[C@H]2C(=O)Nc2ccc(C(=O)NS(=O)(=O)c3ccccn3)c(F)c2)CC1. The largest absolute Gasteiger partial charge is 0.330 e. The average Bonchev–Trinajstić information content (AvgIpc) is 3.50. The van der Waals surface area contributed by atoms with Gasteiger partial charge in [0.1, 0.15) is 18.5 Å². The molecule has 1 aliphatic heterocycles. The van der Waals surface area contributed by atoms with Crippen molar-refractivity contribution in [3.8, 4) is 0 Å². The molecule has 2 heterocycles. The number of carbonyl (C=O) groups excluding carboxylic acids is 3. The van der Waals surface area contributed by atoms with E-state index in [9.17, 15) is 27.2 Å². The van der Waals surface area contributed by atoms with Crippen LogP contribution < -0.4 is 15.8 Å².